The van der Waals surface area contributed by atoms with Crippen molar-refractivity contribution in [3.63, 3.8) is 0 Å². The van der Waals surface area contributed by atoms with Crippen molar-refractivity contribution in [3.8, 4) is 0 Å². The molecule has 1 fully saturated rings. The highest BCUT2D eigenvalue weighted by Gasteiger charge is 2.28. The molecular weight excluding hydrogens is 316 g/mol. The van der Waals surface area contributed by atoms with Gasteiger partial charge < -0.3 is 10.2 Å². The minimum Gasteiger partial charge on any atom is -0.353 e. The van der Waals surface area contributed by atoms with Gasteiger partial charge in [0.25, 0.3) is 0 Å². The fourth-order valence-corrected chi connectivity index (χ4v) is 3.09. The number of para-hydroxylation sites is 1. The summed E-state index contributed by atoms with van der Waals surface area (Å²) in [6.45, 7) is 9.52. The zero-order valence-electron chi connectivity index (χ0n) is 15.7. The fraction of sp³-hybridized carbons (Fsp3) is 0.579. The van der Waals surface area contributed by atoms with Crippen LogP contribution < -0.4 is 10.2 Å². The Morgan fingerprint density at radius 1 is 1.08 bits per heavy atom. The van der Waals surface area contributed by atoms with E-state index in [9.17, 15) is 9.59 Å². The number of piperazine rings is 1. The molecule has 0 spiro atoms. The van der Waals surface area contributed by atoms with Crippen LogP contribution in [0.2, 0.25) is 0 Å². The lowest BCUT2D eigenvalue weighted by Crippen LogP contribution is -2.55. The molecule has 2 amide bonds. The lowest BCUT2D eigenvalue weighted by molar-refractivity contribution is -0.126. The van der Waals surface area contributed by atoms with Gasteiger partial charge in [0.15, 0.2) is 0 Å². The van der Waals surface area contributed by atoms with Crippen LogP contribution in [-0.2, 0) is 9.59 Å². The Morgan fingerprint density at radius 2 is 1.68 bits per heavy atom. The highest BCUT2D eigenvalue weighted by Crippen LogP contribution is 2.15. The van der Waals surface area contributed by atoms with Crippen LogP contribution in [0, 0.1) is 0 Å². The van der Waals surface area contributed by atoms with E-state index >= 15 is 0 Å². The van der Waals surface area contributed by atoms with Gasteiger partial charge in [-0.05, 0) is 32.9 Å². The van der Waals surface area contributed by atoms with Crippen LogP contribution in [0.3, 0.4) is 0 Å². The second-order valence-electron chi connectivity index (χ2n) is 6.94. The normalized spacial score (nSPS) is 17.3. The summed E-state index contributed by atoms with van der Waals surface area (Å²) in [4.78, 5) is 30.6. The van der Waals surface area contributed by atoms with Gasteiger partial charge in [0.05, 0.1) is 12.6 Å². The molecule has 0 aliphatic carbocycles. The molecule has 1 saturated heterocycles. The molecule has 6 nitrogen and oxygen atoms in total. The first-order valence-electron chi connectivity index (χ1n) is 8.97. The SMILES string of the molecule is CC(C)NC(=O)CN1CCN([C@@H](C)C(=O)N(C)c2ccccc2)CC1. The summed E-state index contributed by atoms with van der Waals surface area (Å²) in [6, 6.07) is 9.69. The molecule has 138 valence electrons. The molecule has 1 atom stereocenters. The van der Waals surface area contributed by atoms with Crippen LogP contribution in [0.1, 0.15) is 20.8 Å². The highest BCUT2D eigenvalue weighted by molar-refractivity contribution is 5.96. The molecular formula is C19H30N4O2. The minimum atomic E-state index is -0.170. The Labute approximate surface area is 150 Å². The number of nitrogens with zero attached hydrogens (tertiary/aromatic N) is 3. The number of amides is 2. The maximum Gasteiger partial charge on any atom is 0.243 e. The van der Waals surface area contributed by atoms with E-state index in [1.54, 1.807) is 4.90 Å². The molecule has 6 heteroatoms. The summed E-state index contributed by atoms with van der Waals surface area (Å²) in [5.74, 6) is 0.161. The smallest absolute Gasteiger partial charge is 0.243 e. The van der Waals surface area contributed by atoms with Gasteiger partial charge in [0, 0.05) is 45.0 Å². The van der Waals surface area contributed by atoms with Crippen molar-refractivity contribution in [2.45, 2.75) is 32.9 Å². The Morgan fingerprint density at radius 3 is 2.24 bits per heavy atom. The van der Waals surface area contributed by atoms with E-state index in [1.165, 1.54) is 0 Å². The quantitative estimate of drug-likeness (QED) is 0.840. The Balaban J connectivity index is 1.83. The average Bonchev–Trinajstić information content (AvgIpc) is 2.60. The molecule has 1 aliphatic heterocycles. The third kappa shape index (κ3) is 5.54. The van der Waals surface area contributed by atoms with Crippen LogP contribution in [-0.4, -0.2) is 73.5 Å². The summed E-state index contributed by atoms with van der Waals surface area (Å²) in [7, 11) is 1.82. The van der Waals surface area contributed by atoms with E-state index in [0.29, 0.717) is 6.54 Å². The molecule has 0 saturated carbocycles. The lowest BCUT2D eigenvalue weighted by atomic mass is 10.2. The number of rotatable bonds is 6. The molecule has 2 rings (SSSR count). The van der Waals surface area contributed by atoms with E-state index < -0.39 is 0 Å². The number of carbonyl (C=O) groups excluding carboxylic acids is 2. The van der Waals surface area contributed by atoms with Crippen molar-refractivity contribution in [1.29, 1.82) is 0 Å². The van der Waals surface area contributed by atoms with Gasteiger partial charge in [0.1, 0.15) is 0 Å². The van der Waals surface area contributed by atoms with E-state index in [-0.39, 0.29) is 23.9 Å². The van der Waals surface area contributed by atoms with Crippen LogP contribution >= 0.6 is 0 Å². The van der Waals surface area contributed by atoms with Crippen LogP contribution in [0.5, 0.6) is 0 Å². The monoisotopic (exact) mass is 346 g/mol. The van der Waals surface area contributed by atoms with Gasteiger partial charge in [-0.25, -0.2) is 0 Å². The zero-order chi connectivity index (χ0) is 18.4. The van der Waals surface area contributed by atoms with Crippen molar-refractivity contribution in [3.05, 3.63) is 30.3 Å². The number of nitrogens with one attached hydrogen (secondary N) is 1. The number of carbonyl (C=O) groups is 2. The molecule has 0 unspecified atom stereocenters. The van der Waals surface area contributed by atoms with Gasteiger partial charge in [-0.1, -0.05) is 18.2 Å². The first kappa shape index (κ1) is 19.4. The van der Waals surface area contributed by atoms with Crippen molar-refractivity contribution >= 4 is 17.5 Å². The molecule has 0 bridgehead atoms. The van der Waals surface area contributed by atoms with Crippen molar-refractivity contribution in [2.24, 2.45) is 0 Å². The minimum absolute atomic E-state index is 0.0661. The lowest BCUT2D eigenvalue weighted by Gasteiger charge is -2.38. The van der Waals surface area contributed by atoms with Crippen LogP contribution in [0.15, 0.2) is 30.3 Å². The average molecular weight is 346 g/mol. The predicted molar refractivity (Wildman–Crippen MR) is 101 cm³/mol. The number of hydrogen-bond acceptors (Lipinski definition) is 4. The van der Waals surface area contributed by atoms with Crippen LogP contribution in [0.25, 0.3) is 0 Å². The molecule has 0 radical (unpaired) electrons. The summed E-state index contributed by atoms with van der Waals surface area (Å²) in [5, 5.41) is 2.92. The largest absolute Gasteiger partial charge is 0.353 e. The standard InChI is InChI=1S/C19H30N4O2/c1-15(2)20-18(24)14-22-10-12-23(13-11-22)16(3)19(25)21(4)17-8-6-5-7-9-17/h5-9,15-16H,10-14H2,1-4H3,(H,20,24)/t16-/m0/s1. The van der Waals surface area contributed by atoms with Gasteiger partial charge >= 0.3 is 0 Å². The molecule has 1 aromatic rings. The first-order chi connectivity index (χ1) is 11.9. The Kier molecular flexibility index (Phi) is 6.96. The summed E-state index contributed by atoms with van der Waals surface area (Å²) < 4.78 is 0. The molecule has 1 N–H and O–H groups in total. The Bertz CT molecular complexity index is 568. The number of anilines is 1. The van der Waals surface area contributed by atoms with Crippen molar-refractivity contribution in [1.82, 2.24) is 15.1 Å². The zero-order valence-corrected chi connectivity index (χ0v) is 15.7. The number of benzene rings is 1. The summed E-state index contributed by atoms with van der Waals surface area (Å²) in [6.07, 6.45) is 0. The Hall–Kier alpha value is -1.92. The third-order valence-electron chi connectivity index (χ3n) is 4.60. The van der Waals surface area contributed by atoms with Crippen molar-refractivity contribution < 1.29 is 9.59 Å². The first-order valence-corrected chi connectivity index (χ1v) is 8.97. The van der Waals surface area contributed by atoms with Gasteiger partial charge in [-0.15, -0.1) is 0 Å². The van der Waals surface area contributed by atoms with Crippen molar-refractivity contribution in [2.75, 3.05) is 44.7 Å². The fourth-order valence-electron chi connectivity index (χ4n) is 3.09. The second-order valence-corrected chi connectivity index (χ2v) is 6.94. The maximum absolute atomic E-state index is 12.7. The van der Waals surface area contributed by atoms with Crippen LogP contribution in [0.4, 0.5) is 5.69 Å². The second kappa shape index (κ2) is 8.97. The summed E-state index contributed by atoms with van der Waals surface area (Å²) in [5.41, 5.74) is 0.906. The van der Waals surface area contributed by atoms with E-state index in [1.807, 2.05) is 58.2 Å². The third-order valence-corrected chi connectivity index (χ3v) is 4.60. The number of likely N-dealkylation sites (N-methyl/N-ethyl adjacent to an activating group) is 1. The topological polar surface area (TPSA) is 55.9 Å². The molecule has 25 heavy (non-hydrogen) atoms. The van der Waals surface area contributed by atoms with E-state index in [4.69, 9.17) is 0 Å². The van der Waals surface area contributed by atoms with Gasteiger partial charge in [-0.2, -0.15) is 0 Å². The van der Waals surface area contributed by atoms with E-state index in [0.717, 1.165) is 31.9 Å². The highest BCUT2D eigenvalue weighted by atomic mass is 16.2. The predicted octanol–water partition coefficient (Wildman–Crippen LogP) is 1.18. The van der Waals surface area contributed by atoms with Gasteiger partial charge in [0.2, 0.25) is 11.8 Å². The molecule has 1 aliphatic rings. The maximum atomic E-state index is 12.7. The van der Waals surface area contributed by atoms with E-state index in [2.05, 4.69) is 15.1 Å². The molecule has 1 heterocycles. The summed E-state index contributed by atoms with van der Waals surface area (Å²) >= 11 is 0. The molecule has 1 aromatic carbocycles. The molecule has 0 aromatic heterocycles. The van der Waals surface area contributed by atoms with Gasteiger partial charge in [-0.3, -0.25) is 19.4 Å². The number of hydrogen-bond donors (Lipinski definition) is 1.